The first-order valence-electron chi connectivity index (χ1n) is 6.37. The van der Waals surface area contributed by atoms with Crippen LogP contribution in [-0.2, 0) is 12.8 Å². The van der Waals surface area contributed by atoms with Gasteiger partial charge in [0.25, 0.3) is 0 Å². The van der Waals surface area contributed by atoms with E-state index in [2.05, 4.69) is 31.2 Å². The van der Waals surface area contributed by atoms with Gasteiger partial charge in [0.2, 0.25) is 0 Å². The Morgan fingerprint density at radius 1 is 0.833 bits per heavy atom. The number of hydrogen-bond donors (Lipinski definition) is 1. The molecule has 18 heavy (non-hydrogen) atoms. The van der Waals surface area contributed by atoms with Crippen molar-refractivity contribution in [3.8, 4) is 11.5 Å². The van der Waals surface area contributed by atoms with Crippen LogP contribution in [0.25, 0.3) is 0 Å². The Bertz CT molecular complexity index is 473. The highest BCUT2D eigenvalue weighted by Gasteiger charge is 1.98. The normalized spacial score (nSPS) is 10.3. The predicted molar refractivity (Wildman–Crippen MR) is 75.1 cm³/mol. The lowest BCUT2D eigenvalue weighted by Crippen LogP contribution is -2.02. The maximum absolute atomic E-state index is 5.78. The average molecular weight is 241 g/mol. The molecule has 0 aromatic heterocycles. The second-order valence-corrected chi connectivity index (χ2v) is 4.28. The van der Waals surface area contributed by atoms with Crippen molar-refractivity contribution in [1.29, 1.82) is 0 Å². The van der Waals surface area contributed by atoms with Gasteiger partial charge < -0.3 is 10.5 Å². The van der Waals surface area contributed by atoms with E-state index >= 15 is 0 Å². The highest BCUT2D eigenvalue weighted by molar-refractivity contribution is 5.34. The molecule has 0 atom stereocenters. The summed E-state index contributed by atoms with van der Waals surface area (Å²) in [5.74, 6) is 1.73. The SMILES string of the molecule is CCc1ccc(Oc2ccc(CCN)cc2)cc1. The number of hydrogen-bond acceptors (Lipinski definition) is 2. The van der Waals surface area contributed by atoms with Gasteiger partial charge in [0.15, 0.2) is 0 Å². The van der Waals surface area contributed by atoms with Gasteiger partial charge in [0, 0.05) is 0 Å². The first-order valence-corrected chi connectivity index (χ1v) is 6.37. The summed E-state index contributed by atoms with van der Waals surface area (Å²) in [4.78, 5) is 0. The van der Waals surface area contributed by atoms with Crippen LogP contribution >= 0.6 is 0 Å². The molecule has 2 nitrogen and oxygen atoms in total. The smallest absolute Gasteiger partial charge is 0.127 e. The number of benzene rings is 2. The van der Waals surface area contributed by atoms with Crippen LogP contribution in [-0.4, -0.2) is 6.54 Å². The Kier molecular flexibility index (Phi) is 4.37. The lowest BCUT2D eigenvalue weighted by Gasteiger charge is -2.07. The van der Waals surface area contributed by atoms with Crippen LogP contribution in [0.4, 0.5) is 0 Å². The number of nitrogens with two attached hydrogens (primary N) is 1. The van der Waals surface area contributed by atoms with Crippen LogP contribution in [0.2, 0.25) is 0 Å². The Morgan fingerprint density at radius 2 is 1.33 bits per heavy atom. The number of rotatable bonds is 5. The standard InChI is InChI=1S/C16H19NO/c1-2-13-3-7-15(8-4-13)18-16-9-5-14(6-10-16)11-12-17/h3-10H,2,11-12,17H2,1H3. The molecule has 2 aromatic rings. The number of aryl methyl sites for hydroxylation is 1. The summed E-state index contributed by atoms with van der Waals surface area (Å²) in [5, 5.41) is 0. The molecular formula is C16H19NO. The van der Waals surface area contributed by atoms with E-state index in [1.54, 1.807) is 0 Å². The lowest BCUT2D eigenvalue weighted by molar-refractivity contribution is 0.482. The van der Waals surface area contributed by atoms with Crippen molar-refractivity contribution < 1.29 is 4.74 Å². The topological polar surface area (TPSA) is 35.2 Å². The van der Waals surface area contributed by atoms with Crippen molar-refractivity contribution >= 4 is 0 Å². The van der Waals surface area contributed by atoms with Crippen molar-refractivity contribution in [3.63, 3.8) is 0 Å². The molecule has 0 spiro atoms. The fraction of sp³-hybridized carbons (Fsp3) is 0.250. The molecule has 0 aliphatic carbocycles. The molecule has 2 heteroatoms. The average Bonchev–Trinajstić information content (AvgIpc) is 2.42. The molecule has 2 rings (SSSR count). The fourth-order valence-corrected chi connectivity index (χ4v) is 1.82. The van der Waals surface area contributed by atoms with Crippen LogP contribution < -0.4 is 10.5 Å². The summed E-state index contributed by atoms with van der Waals surface area (Å²) < 4.78 is 5.78. The summed E-state index contributed by atoms with van der Waals surface area (Å²) in [6, 6.07) is 16.3. The summed E-state index contributed by atoms with van der Waals surface area (Å²) in [6.07, 6.45) is 1.96. The second kappa shape index (κ2) is 6.22. The van der Waals surface area contributed by atoms with Gasteiger partial charge in [-0.15, -0.1) is 0 Å². The van der Waals surface area contributed by atoms with E-state index in [-0.39, 0.29) is 0 Å². The number of ether oxygens (including phenoxy) is 1. The van der Waals surface area contributed by atoms with E-state index in [4.69, 9.17) is 10.5 Å². The quantitative estimate of drug-likeness (QED) is 0.869. The zero-order valence-electron chi connectivity index (χ0n) is 10.7. The molecule has 0 unspecified atom stereocenters. The molecule has 0 fully saturated rings. The third-order valence-electron chi connectivity index (χ3n) is 2.92. The van der Waals surface area contributed by atoms with Crippen LogP contribution in [0.3, 0.4) is 0 Å². The predicted octanol–water partition coefficient (Wildman–Crippen LogP) is 3.54. The zero-order chi connectivity index (χ0) is 12.8. The molecule has 0 aliphatic heterocycles. The van der Waals surface area contributed by atoms with Gasteiger partial charge in [0.05, 0.1) is 0 Å². The van der Waals surface area contributed by atoms with Gasteiger partial charge in [-0.2, -0.15) is 0 Å². The van der Waals surface area contributed by atoms with E-state index in [0.717, 1.165) is 24.3 Å². The molecule has 0 saturated carbocycles. The van der Waals surface area contributed by atoms with Gasteiger partial charge >= 0.3 is 0 Å². The Hall–Kier alpha value is -1.80. The van der Waals surface area contributed by atoms with E-state index < -0.39 is 0 Å². The van der Waals surface area contributed by atoms with E-state index in [1.807, 2.05) is 24.3 Å². The van der Waals surface area contributed by atoms with E-state index in [9.17, 15) is 0 Å². The van der Waals surface area contributed by atoms with Crippen molar-refractivity contribution in [2.24, 2.45) is 5.73 Å². The summed E-state index contributed by atoms with van der Waals surface area (Å²) in [7, 11) is 0. The van der Waals surface area contributed by atoms with Gasteiger partial charge in [-0.05, 0) is 54.8 Å². The molecule has 94 valence electrons. The maximum atomic E-state index is 5.78. The Morgan fingerprint density at radius 3 is 1.78 bits per heavy atom. The molecule has 2 aromatic carbocycles. The minimum Gasteiger partial charge on any atom is -0.457 e. The van der Waals surface area contributed by atoms with Crippen LogP contribution in [0, 0.1) is 0 Å². The molecule has 2 N–H and O–H groups in total. The van der Waals surface area contributed by atoms with Crippen LogP contribution in [0.15, 0.2) is 48.5 Å². The van der Waals surface area contributed by atoms with Crippen molar-refractivity contribution in [2.45, 2.75) is 19.8 Å². The first-order chi connectivity index (χ1) is 8.81. The molecule has 0 radical (unpaired) electrons. The van der Waals surface area contributed by atoms with Gasteiger partial charge in [-0.25, -0.2) is 0 Å². The van der Waals surface area contributed by atoms with Gasteiger partial charge in [0.1, 0.15) is 11.5 Å². The Balaban J connectivity index is 2.03. The van der Waals surface area contributed by atoms with Crippen LogP contribution in [0.1, 0.15) is 18.1 Å². The maximum Gasteiger partial charge on any atom is 0.127 e. The van der Waals surface area contributed by atoms with Crippen molar-refractivity contribution in [3.05, 3.63) is 59.7 Å². The summed E-state index contributed by atoms with van der Waals surface area (Å²) in [5.41, 5.74) is 8.08. The summed E-state index contributed by atoms with van der Waals surface area (Å²) >= 11 is 0. The van der Waals surface area contributed by atoms with Crippen molar-refractivity contribution in [1.82, 2.24) is 0 Å². The first kappa shape index (κ1) is 12.7. The highest BCUT2D eigenvalue weighted by Crippen LogP contribution is 2.22. The monoisotopic (exact) mass is 241 g/mol. The minimum atomic E-state index is 0.679. The zero-order valence-corrected chi connectivity index (χ0v) is 10.7. The minimum absolute atomic E-state index is 0.679. The summed E-state index contributed by atoms with van der Waals surface area (Å²) in [6.45, 7) is 2.82. The fourth-order valence-electron chi connectivity index (χ4n) is 1.82. The Labute approximate surface area is 108 Å². The molecule has 0 amide bonds. The van der Waals surface area contributed by atoms with Gasteiger partial charge in [-0.3, -0.25) is 0 Å². The lowest BCUT2D eigenvalue weighted by atomic mass is 10.1. The third kappa shape index (κ3) is 3.34. The third-order valence-corrected chi connectivity index (χ3v) is 2.92. The molecule has 0 aliphatic rings. The molecule has 0 heterocycles. The van der Waals surface area contributed by atoms with E-state index in [1.165, 1.54) is 11.1 Å². The molecule has 0 saturated heterocycles. The van der Waals surface area contributed by atoms with Crippen LogP contribution in [0.5, 0.6) is 11.5 Å². The van der Waals surface area contributed by atoms with E-state index in [0.29, 0.717) is 6.54 Å². The molecule has 0 bridgehead atoms. The highest BCUT2D eigenvalue weighted by atomic mass is 16.5. The molecular weight excluding hydrogens is 222 g/mol. The van der Waals surface area contributed by atoms with Gasteiger partial charge in [-0.1, -0.05) is 31.2 Å². The largest absolute Gasteiger partial charge is 0.457 e. The van der Waals surface area contributed by atoms with Crippen molar-refractivity contribution in [2.75, 3.05) is 6.54 Å². The second-order valence-electron chi connectivity index (χ2n) is 4.28.